The van der Waals surface area contributed by atoms with Gasteiger partial charge < -0.3 is 81.5 Å². The van der Waals surface area contributed by atoms with Gasteiger partial charge in [-0.15, -0.1) is 5.10 Å². The van der Waals surface area contributed by atoms with Gasteiger partial charge in [0.05, 0.1) is 43.3 Å². The molecule has 1 aromatic heterocycles. The summed E-state index contributed by atoms with van der Waals surface area (Å²) in [4.78, 5) is 91.8. The summed E-state index contributed by atoms with van der Waals surface area (Å²) in [6, 6.07) is 3.31. The molecule has 2 fully saturated rings. The van der Waals surface area contributed by atoms with Crippen LogP contribution in [0.3, 0.4) is 0 Å². The largest absolute Gasteiger partial charge is 0.460 e. The molecule has 95 heavy (non-hydrogen) atoms. The lowest BCUT2D eigenvalue weighted by Gasteiger charge is -2.40. The maximum Gasteiger partial charge on any atom is 0.407 e. The lowest BCUT2D eigenvalue weighted by atomic mass is 9.89. The number of primary amides is 1. The Hall–Kier alpha value is -6.03. The average molecular weight is 1340 g/mol. The molecule has 2 aliphatic carbocycles. The first kappa shape index (κ1) is 79.7. The number of aromatic nitrogens is 3. The lowest BCUT2D eigenvalue weighted by Crippen LogP contribution is -2.60. The summed E-state index contributed by atoms with van der Waals surface area (Å²) in [6.07, 6.45) is 11.2. The number of carbonyl (C=O) groups is 7. The molecule has 5 rings (SSSR count). The molecule has 2 heterocycles. The third-order valence-electron chi connectivity index (χ3n) is 18.8. The standard InChI is InChI=1S/C69H115N9O17/c1-6-8-10-12-13-14-15-16-17-18-20-21-27-56(94-59(82)29-22-19-11-9-7-2)61(83)53(44-91-66-64(86)63(85)62(84)57(41-79)95-66)74-68(89)92-42-46-30-32-48(33-31-46)73-65(87)47(26-25-38-72-67(70)88)40-55(80)60(45(3)4)75-69(90)93-43-51-49-34-36-52-54(37-35-50(49)51)78(77-76-52)39-24-23-28-58(81)71-5/h30-33,45,47,49-51,53,56-57,60-64,66,79,83-86H,6-29,34-44H2,1-5H3,(H,71,81)(H,73,87)(H,74,89)(H,75,90)(H3,70,72,88)/t47-,49?,50?,51?,53+,56-,57?,60+,61+,62+,63+,64?,66+/m1/s1. The second-order valence-electron chi connectivity index (χ2n) is 26.6. The summed E-state index contributed by atoms with van der Waals surface area (Å²) in [5.74, 6) is -1.72. The van der Waals surface area contributed by atoms with Crippen molar-refractivity contribution in [3.8, 4) is 0 Å². The minimum absolute atomic E-state index is 0.0124. The Bertz CT molecular complexity index is 2590. The molecule has 1 aliphatic heterocycles. The van der Waals surface area contributed by atoms with E-state index in [9.17, 15) is 59.1 Å². The van der Waals surface area contributed by atoms with E-state index in [0.717, 1.165) is 101 Å². The Labute approximate surface area is 561 Å². The van der Waals surface area contributed by atoms with Crippen LogP contribution in [0.2, 0.25) is 0 Å². The van der Waals surface area contributed by atoms with E-state index in [2.05, 4.69) is 50.7 Å². The van der Waals surface area contributed by atoms with Gasteiger partial charge in [0.2, 0.25) is 11.8 Å². The third kappa shape index (κ3) is 28.5. The number of aryl methyl sites for hydroxylation is 2. The van der Waals surface area contributed by atoms with Crippen molar-refractivity contribution in [2.24, 2.45) is 35.3 Å². The fraction of sp³-hybridized carbons (Fsp3) is 0.783. The number of aliphatic hydroxyl groups excluding tert-OH is 5. The SMILES string of the molecule is CCCCCCCCCCCCCC[C@@H](OC(=O)CCCCCCC)[C@@H](O)[C@H](CO[C@H]1OC(CO)[C@H](O)[C@H](O)C1O)NC(=O)OCc1ccc(NC(=O)[C@H](CCCNC(N)=O)CC(=O)[C@@H](NC(=O)OCC2C3CCc4nnn(CCCCC(=O)NC)c4CCC32)C(C)C)cc1. The predicted molar refractivity (Wildman–Crippen MR) is 355 cm³/mol. The van der Waals surface area contributed by atoms with Gasteiger partial charge in [0.1, 0.15) is 43.2 Å². The highest BCUT2D eigenvalue weighted by Crippen LogP contribution is 2.53. The van der Waals surface area contributed by atoms with Gasteiger partial charge in [0.15, 0.2) is 12.1 Å². The number of nitrogens with one attached hydrogen (secondary N) is 5. The maximum atomic E-state index is 14.1. The molecular weight excluding hydrogens is 1230 g/mol. The zero-order chi connectivity index (χ0) is 69.1. The molecule has 0 radical (unpaired) electrons. The number of anilines is 1. The van der Waals surface area contributed by atoms with E-state index >= 15 is 0 Å². The first-order valence-electron chi connectivity index (χ1n) is 35.5. The number of hydrogen-bond acceptors (Lipinski definition) is 19. The summed E-state index contributed by atoms with van der Waals surface area (Å²) >= 11 is 0. The highest BCUT2D eigenvalue weighted by Gasteiger charge is 2.51. The van der Waals surface area contributed by atoms with Crippen molar-refractivity contribution in [1.29, 1.82) is 0 Å². The summed E-state index contributed by atoms with van der Waals surface area (Å²) < 4.78 is 30.7. The van der Waals surface area contributed by atoms with Gasteiger partial charge in [0.25, 0.3) is 0 Å². The number of esters is 1. The summed E-state index contributed by atoms with van der Waals surface area (Å²) in [6.45, 7) is 7.35. The van der Waals surface area contributed by atoms with Crippen molar-refractivity contribution in [3.05, 3.63) is 41.2 Å². The van der Waals surface area contributed by atoms with Crippen molar-refractivity contribution >= 4 is 47.5 Å². The zero-order valence-corrected chi connectivity index (χ0v) is 57.2. The van der Waals surface area contributed by atoms with Gasteiger partial charge in [-0.2, -0.15) is 0 Å². The third-order valence-corrected chi connectivity index (χ3v) is 18.8. The zero-order valence-electron chi connectivity index (χ0n) is 57.2. The first-order valence-corrected chi connectivity index (χ1v) is 35.5. The van der Waals surface area contributed by atoms with Crippen molar-refractivity contribution in [2.45, 2.75) is 282 Å². The fourth-order valence-electron chi connectivity index (χ4n) is 12.9. The van der Waals surface area contributed by atoms with Crippen LogP contribution < -0.4 is 32.3 Å². The molecule has 1 saturated heterocycles. The molecule has 0 bridgehead atoms. The predicted octanol–water partition coefficient (Wildman–Crippen LogP) is 7.48. The Morgan fingerprint density at radius 1 is 0.737 bits per heavy atom. The molecule has 538 valence electrons. The van der Waals surface area contributed by atoms with Crippen LogP contribution in [0.5, 0.6) is 0 Å². The fourth-order valence-corrected chi connectivity index (χ4v) is 12.9. The van der Waals surface area contributed by atoms with Gasteiger partial charge in [-0.05, 0) is 112 Å². The number of ketones is 1. The van der Waals surface area contributed by atoms with Crippen LogP contribution in [-0.4, -0.2) is 171 Å². The summed E-state index contributed by atoms with van der Waals surface area (Å²) in [7, 11) is 1.63. The van der Waals surface area contributed by atoms with Crippen LogP contribution in [0.4, 0.5) is 20.1 Å². The van der Waals surface area contributed by atoms with Crippen LogP contribution in [0.1, 0.15) is 218 Å². The number of carbonyl (C=O) groups excluding carboxylic acids is 7. The normalized spacial score (nSPS) is 21.5. The van der Waals surface area contributed by atoms with Gasteiger partial charge in [-0.1, -0.05) is 141 Å². The van der Waals surface area contributed by atoms with Gasteiger partial charge in [-0.3, -0.25) is 19.2 Å². The van der Waals surface area contributed by atoms with Gasteiger partial charge in [-0.25, -0.2) is 19.1 Å². The van der Waals surface area contributed by atoms with Crippen LogP contribution >= 0.6 is 0 Å². The monoisotopic (exact) mass is 1340 g/mol. The second kappa shape index (κ2) is 44.0. The number of nitrogens with two attached hydrogens (primary N) is 1. The number of hydrogen-bond donors (Lipinski definition) is 11. The van der Waals surface area contributed by atoms with Crippen molar-refractivity contribution in [2.75, 3.05) is 38.7 Å². The number of Topliss-reactive ketones (excluding diaryl/α,β-unsaturated/α-hetero) is 1. The summed E-state index contributed by atoms with van der Waals surface area (Å²) in [5.41, 5.74) is 8.25. The molecule has 6 amide bonds. The number of benzene rings is 1. The molecule has 5 unspecified atom stereocenters. The van der Waals surface area contributed by atoms with Crippen LogP contribution in [0, 0.1) is 29.6 Å². The van der Waals surface area contributed by atoms with Crippen molar-refractivity contribution < 1.29 is 82.8 Å². The van der Waals surface area contributed by atoms with E-state index in [-0.39, 0.29) is 69.0 Å². The molecular formula is C69H115N9O17. The van der Waals surface area contributed by atoms with Crippen molar-refractivity contribution in [3.63, 3.8) is 0 Å². The Kier molecular flexibility index (Phi) is 36.9. The van der Waals surface area contributed by atoms with E-state index < -0.39 is 104 Å². The topological polar surface area (TPSA) is 384 Å². The van der Waals surface area contributed by atoms with E-state index in [4.69, 9.17) is 29.4 Å². The summed E-state index contributed by atoms with van der Waals surface area (Å²) in [5, 5.41) is 75.9. The van der Waals surface area contributed by atoms with Crippen LogP contribution in [-0.2, 0) is 68.9 Å². The van der Waals surface area contributed by atoms with Crippen LogP contribution in [0.15, 0.2) is 24.3 Å². The van der Waals surface area contributed by atoms with Gasteiger partial charge in [0, 0.05) is 51.0 Å². The van der Waals surface area contributed by atoms with E-state index in [1.807, 2.05) is 4.68 Å². The smallest absolute Gasteiger partial charge is 0.407 e. The van der Waals surface area contributed by atoms with Gasteiger partial charge >= 0.3 is 24.2 Å². The maximum absolute atomic E-state index is 14.1. The van der Waals surface area contributed by atoms with E-state index in [1.165, 1.54) is 44.9 Å². The average Bonchev–Trinajstić information content (AvgIpc) is 1.62. The molecule has 0 spiro atoms. The molecule has 2 aromatic rings. The highest BCUT2D eigenvalue weighted by atomic mass is 16.7. The number of rotatable bonds is 47. The van der Waals surface area contributed by atoms with Crippen molar-refractivity contribution in [1.82, 2.24) is 36.3 Å². The highest BCUT2D eigenvalue weighted by molar-refractivity contribution is 5.97. The minimum atomic E-state index is -1.78. The Morgan fingerprint density at radius 3 is 1.99 bits per heavy atom. The van der Waals surface area contributed by atoms with E-state index in [1.54, 1.807) is 45.2 Å². The number of fused-ring (bicyclic) bond motifs is 2. The Morgan fingerprint density at radius 2 is 1.36 bits per heavy atom. The number of aliphatic hydroxyl groups is 5. The molecule has 1 aromatic carbocycles. The molecule has 26 heteroatoms. The molecule has 26 nitrogen and oxygen atoms in total. The number of amides is 6. The number of ether oxygens (including phenoxy) is 5. The Balaban J connectivity index is 1.18. The minimum Gasteiger partial charge on any atom is -0.460 e. The van der Waals surface area contributed by atoms with E-state index in [0.29, 0.717) is 55.3 Å². The quantitative estimate of drug-likeness (QED) is 0.0174. The molecule has 3 aliphatic rings. The lowest BCUT2D eigenvalue weighted by molar-refractivity contribution is -0.303. The number of unbranched alkanes of at least 4 members (excludes halogenated alkanes) is 16. The second-order valence-corrected chi connectivity index (χ2v) is 26.6. The molecule has 13 atom stereocenters. The molecule has 1 saturated carbocycles. The van der Waals surface area contributed by atoms with Crippen LogP contribution in [0.25, 0.3) is 0 Å². The number of alkyl carbamates (subject to hydrolysis) is 2. The first-order chi connectivity index (χ1) is 45.8. The number of urea groups is 1. The molecule has 12 N–H and O–H groups in total. The number of nitrogens with zero attached hydrogens (tertiary/aromatic N) is 3.